The van der Waals surface area contributed by atoms with Gasteiger partial charge >= 0.3 is 0 Å². The summed E-state index contributed by atoms with van der Waals surface area (Å²) in [4.78, 5) is 13.5. The monoisotopic (exact) mass is 776 g/mol. The van der Waals surface area contributed by atoms with Crippen LogP contribution in [0.3, 0.4) is 0 Å². The minimum absolute atomic E-state index is 0.0286. The highest BCUT2D eigenvalue weighted by molar-refractivity contribution is 5.81. The highest BCUT2D eigenvalue weighted by Crippen LogP contribution is 2.69. The molecule has 55 heavy (non-hydrogen) atoms. The number of methoxy groups -OCH3 is 2. The lowest BCUT2D eigenvalue weighted by Crippen LogP contribution is -2.62. The maximum absolute atomic E-state index is 13.5. The zero-order valence-electron chi connectivity index (χ0n) is 32.4. The number of allylic oxidation sites excluding steroid dienone is 1. The molecule has 3 saturated carbocycles. The fourth-order valence-electron chi connectivity index (χ4n) is 11.7. The first-order valence-electron chi connectivity index (χ1n) is 19.9. The van der Waals surface area contributed by atoms with E-state index >= 15 is 0 Å². The number of ether oxygens (including phenoxy) is 6. The van der Waals surface area contributed by atoms with Crippen molar-refractivity contribution in [1.82, 2.24) is 0 Å². The first kappa shape index (κ1) is 41.0. The molecule has 14 heteroatoms. The molecule has 1 aromatic rings. The van der Waals surface area contributed by atoms with E-state index < -0.39 is 74.6 Å². The zero-order valence-corrected chi connectivity index (χ0v) is 32.4. The second-order valence-corrected chi connectivity index (χ2v) is 17.4. The van der Waals surface area contributed by atoms with Gasteiger partial charge in [0.1, 0.15) is 66.1 Å². The number of hydrogen-bond donors (Lipinski definition) is 7. The van der Waals surface area contributed by atoms with Crippen LogP contribution in [-0.2, 0) is 23.7 Å². The van der Waals surface area contributed by atoms with E-state index in [-0.39, 0.29) is 34.6 Å². The van der Waals surface area contributed by atoms with E-state index in [9.17, 15) is 40.5 Å². The van der Waals surface area contributed by atoms with E-state index in [1.807, 2.05) is 18.2 Å². The maximum atomic E-state index is 13.5. The van der Waals surface area contributed by atoms with Crippen LogP contribution < -0.4 is 9.47 Å². The number of fused-ring (bicyclic) bond motifs is 5. The van der Waals surface area contributed by atoms with Crippen LogP contribution in [0.4, 0.5) is 0 Å². The lowest BCUT2D eigenvalue weighted by atomic mass is 9.47. The lowest BCUT2D eigenvalue weighted by molar-refractivity contribution is -0.336. The van der Waals surface area contributed by atoms with Crippen molar-refractivity contribution in [3.05, 3.63) is 35.4 Å². The second-order valence-electron chi connectivity index (χ2n) is 17.4. The van der Waals surface area contributed by atoms with Gasteiger partial charge < -0.3 is 64.2 Å². The molecule has 4 aliphatic carbocycles. The van der Waals surface area contributed by atoms with Gasteiger partial charge in [0.2, 0.25) is 0 Å². The summed E-state index contributed by atoms with van der Waals surface area (Å²) in [5.74, 6) is 2.87. The third-order valence-corrected chi connectivity index (χ3v) is 14.7. The number of aliphatic hydroxyl groups is 7. The largest absolute Gasteiger partial charge is 0.497 e. The maximum Gasteiger partial charge on any atom is 0.186 e. The molecule has 10 unspecified atom stereocenters. The van der Waals surface area contributed by atoms with E-state index in [0.717, 1.165) is 49.2 Å². The van der Waals surface area contributed by atoms with Crippen LogP contribution in [0.25, 0.3) is 0 Å². The van der Waals surface area contributed by atoms with Gasteiger partial charge in [0.15, 0.2) is 12.6 Å². The minimum Gasteiger partial charge on any atom is -0.497 e. The van der Waals surface area contributed by atoms with Crippen molar-refractivity contribution in [3.8, 4) is 11.5 Å². The number of ketones is 1. The van der Waals surface area contributed by atoms with Gasteiger partial charge in [-0.2, -0.15) is 0 Å². The first-order valence-corrected chi connectivity index (χ1v) is 19.9. The summed E-state index contributed by atoms with van der Waals surface area (Å²) in [5.41, 5.74) is 2.15. The SMILES string of the molecule is COc1ccc(OC)c(C2CC3C4CC=C5CC(OC6O[C@H](CO[C@H]7O[C@H](CO)[C@@H](O)[C@H](O)[C@H]7O)[C@@H](O)C(O)[C@H]6O)CCC5(C)C4CCC3(C)C2C(C)=O)c1. The van der Waals surface area contributed by atoms with Crippen LogP contribution in [-0.4, -0.2) is 136 Å². The molecule has 0 radical (unpaired) electrons. The zero-order chi connectivity index (χ0) is 39.6. The Labute approximate surface area is 322 Å². The third kappa shape index (κ3) is 7.07. The fraction of sp³-hybridized carbons (Fsp3) is 0.780. The van der Waals surface area contributed by atoms with Crippen LogP contribution in [0.15, 0.2) is 29.8 Å². The molecule has 14 nitrogen and oxygen atoms in total. The number of aliphatic hydroxyl groups excluding tert-OH is 7. The summed E-state index contributed by atoms with van der Waals surface area (Å²) >= 11 is 0. The van der Waals surface area contributed by atoms with Crippen molar-refractivity contribution in [1.29, 1.82) is 0 Å². The fourth-order valence-corrected chi connectivity index (χ4v) is 11.7. The highest BCUT2D eigenvalue weighted by Gasteiger charge is 2.63. The van der Waals surface area contributed by atoms with Gasteiger partial charge in [-0.15, -0.1) is 0 Å². The van der Waals surface area contributed by atoms with Crippen molar-refractivity contribution in [2.75, 3.05) is 27.4 Å². The number of carbonyl (C=O) groups is 1. The van der Waals surface area contributed by atoms with Crippen LogP contribution in [0.2, 0.25) is 0 Å². The van der Waals surface area contributed by atoms with Crippen molar-refractivity contribution in [2.45, 2.75) is 139 Å². The van der Waals surface area contributed by atoms with Crippen molar-refractivity contribution in [2.24, 2.45) is 34.5 Å². The average molecular weight is 777 g/mol. The van der Waals surface area contributed by atoms with E-state index in [1.54, 1.807) is 21.1 Å². The summed E-state index contributed by atoms with van der Waals surface area (Å²) in [6.07, 6.45) is -6.68. The minimum atomic E-state index is -1.65. The molecule has 18 atom stereocenters. The van der Waals surface area contributed by atoms with Crippen LogP contribution >= 0.6 is 0 Å². The van der Waals surface area contributed by atoms with Gasteiger partial charge in [0.05, 0.1) is 33.5 Å². The lowest BCUT2D eigenvalue weighted by Gasteiger charge is -2.58. The van der Waals surface area contributed by atoms with E-state index in [4.69, 9.17) is 28.4 Å². The molecule has 6 aliphatic rings. The molecule has 308 valence electrons. The Kier molecular flexibility index (Phi) is 11.8. The molecule has 0 bridgehead atoms. The Morgan fingerprint density at radius 1 is 0.855 bits per heavy atom. The topological polar surface area (TPSA) is 214 Å². The average Bonchev–Trinajstić information content (AvgIpc) is 3.50. The van der Waals surface area contributed by atoms with E-state index in [1.165, 1.54) is 5.57 Å². The van der Waals surface area contributed by atoms with Crippen LogP contribution in [0.5, 0.6) is 11.5 Å². The van der Waals surface area contributed by atoms with Gasteiger partial charge in [-0.1, -0.05) is 25.5 Å². The molecular weight excluding hydrogens is 716 g/mol. The summed E-state index contributed by atoms with van der Waals surface area (Å²) < 4.78 is 34.7. The van der Waals surface area contributed by atoms with Gasteiger partial charge in [0, 0.05) is 11.5 Å². The molecular formula is C41H60O14. The molecule has 7 rings (SSSR count). The Morgan fingerprint density at radius 2 is 1.55 bits per heavy atom. The molecule has 0 aromatic heterocycles. The number of carbonyl (C=O) groups excluding carboxylic acids is 1. The van der Waals surface area contributed by atoms with Gasteiger partial charge in [-0.25, -0.2) is 0 Å². The predicted octanol–water partition coefficient (Wildman–Crippen LogP) is 1.57. The Balaban J connectivity index is 1.04. The predicted molar refractivity (Wildman–Crippen MR) is 195 cm³/mol. The summed E-state index contributed by atoms with van der Waals surface area (Å²) in [7, 11) is 3.33. The number of Topliss-reactive ketones (excluding diaryl/α,β-unsaturated/α-hetero) is 1. The van der Waals surface area contributed by atoms with Gasteiger partial charge in [-0.05, 0) is 105 Å². The molecule has 7 N–H and O–H groups in total. The number of hydrogen-bond acceptors (Lipinski definition) is 14. The number of rotatable bonds is 10. The normalized spacial score (nSPS) is 46.9. The van der Waals surface area contributed by atoms with E-state index in [0.29, 0.717) is 30.6 Å². The molecule has 0 amide bonds. The molecule has 2 heterocycles. The van der Waals surface area contributed by atoms with Crippen LogP contribution in [0, 0.1) is 34.5 Å². The Hall–Kier alpha value is -2.21. The molecule has 2 aliphatic heterocycles. The molecule has 5 fully saturated rings. The van der Waals surface area contributed by atoms with Crippen molar-refractivity contribution >= 4 is 5.78 Å². The molecule has 2 saturated heterocycles. The van der Waals surface area contributed by atoms with Gasteiger partial charge in [-0.3, -0.25) is 4.79 Å². The molecule has 0 spiro atoms. The first-order chi connectivity index (χ1) is 26.2. The van der Waals surface area contributed by atoms with E-state index in [2.05, 4.69) is 19.9 Å². The molecule has 1 aromatic carbocycles. The van der Waals surface area contributed by atoms with Crippen LogP contribution in [0.1, 0.15) is 77.2 Å². The Morgan fingerprint density at radius 3 is 2.22 bits per heavy atom. The standard InChI is InChI=1S/C41H60O14/c1-19(43)31-25(24-15-21(50-4)7-9-28(24)51-5)16-27-23-8-6-20-14-22(10-12-40(20,2)26(23)11-13-41(27,31)3)53-39-37(49)35(47)33(45)30(55-39)18-52-38-36(48)34(46)32(44)29(17-42)54-38/h6-7,9,15,22-23,25-27,29-39,42,44-49H,8,10-14,16-18H2,1-5H3/t22?,23?,25?,26?,27?,29-,30-,31?,32-,33-,34+,35?,36-,37-,38+,39?,40?,41?/m1/s1. The van der Waals surface area contributed by atoms with Crippen molar-refractivity contribution < 1.29 is 69.0 Å². The summed E-state index contributed by atoms with van der Waals surface area (Å²) in [6, 6.07) is 5.88. The highest BCUT2D eigenvalue weighted by atomic mass is 16.7. The quantitative estimate of drug-likeness (QED) is 0.168. The number of benzene rings is 1. The van der Waals surface area contributed by atoms with Gasteiger partial charge in [0.25, 0.3) is 0 Å². The smallest absolute Gasteiger partial charge is 0.186 e. The summed E-state index contributed by atoms with van der Waals surface area (Å²) in [5, 5.41) is 72.5. The summed E-state index contributed by atoms with van der Waals surface area (Å²) in [6.45, 7) is 5.40. The Bertz CT molecular complexity index is 1570. The second kappa shape index (κ2) is 15.9. The third-order valence-electron chi connectivity index (χ3n) is 14.7. The van der Waals surface area contributed by atoms with Crippen molar-refractivity contribution in [3.63, 3.8) is 0 Å².